The first kappa shape index (κ1) is 21.9. The molecule has 0 amide bonds. The Morgan fingerprint density at radius 1 is 0.395 bits per heavy atom. The Labute approximate surface area is 244 Å². The molecule has 0 bridgehead atoms. The molecule has 0 saturated carbocycles. The highest BCUT2D eigenvalue weighted by atomic mass is 16.3. The summed E-state index contributed by atoms with van der Waals surface area (Å²) in [7, 11) is 0. The number of para-hydroxylation sites is 3. The summed E-state index contributed by atoms with van der Waals surface area (Å²) < 4.78 is 11.3. The van der Waals surface area contributed by atoms with Crippen LogP contribution in [0.2, 0.25) is 0 Å². The second-order valence-electron chi connectivity index (χ2n) is 11.7. The molecular weight excluding hydrogens is 524 g/mol. The van der Waals surface area contributed by atoms with E-state index in [1.165, 1.54) is 70.7 Å². The van der Waals surface area contributed by atoms with E-state index in [1.54, 1.807) is 0 Å². The number of benzene rings is 7. The molecule has 0 spiro atoms. The minimum absolute atomic E-state index is 0.904. The van der Waals surface area contributed by atoms with Crippen molar-refractivity contribution in [2.75, 3.05) is 0 Å². The average molecular weight is 547 g/mol. The Kier molecular flexibility index (Phi) is 3.83. The van der Waals surface area contributed by atoms with Gasteiger partial charge in [0.05, 0.1) is 27.6 Å². The van der Waals surface area contributed by atoms with Crippen LogP contribution in [0.1, 0.15) is 0 Å². The van der Waals surface area contributed by atoms with E-state index in [0.29, 0.717) is 0 Å². The summed E-state index contributed by atoms with van der Waals surface area (Å²) in [6, 6.07) is 48.5. The second kappa shape index (κ2) is 7.53. The van der Waals surface area contributed by atoms with Crippen LogP contribution in [0, 0.1) is 0 Å². The molecule has 0 aliphatic heterocycles. The van der Waals surface area contributed by atoms with E-state index in [4.69, 9.17) is 4.42 Å². The number of nitrogens with zero attached hydrogens (tertiary/aromatic N) is 2. The van der Waals surface area contributed by atoms with Gasteiger partial charge in [-0.15, -0.1) is 0 Å². The third-order valence-electron chi connectivity index (χ3n) is 9.62. The van der Waals surface area contributed by atoms with Gasteiger partial charge in [0.2, 0.25) is 0 Å². The van der Waals surface area contributed by atoms with Crippen molar-refractivity contribution in [1.82, 2.24) is 8.97 Å². The Morgan fingerprint density at radius 2 is 1.09 bits per heavy atom. The van der Waals surface area contributed by atoms with Crippen LogP contribution in [0.15, 0.2) is 138 Å². The molecule has 198 valence electrons. The van der Waals surface area contributed by atoms with E-state index < -0.39 is 0 Å². The molecule has 0 atom stereocenters. The van der Waals surface area contributed by atoms with Gasteiger partial charge >= 0.3 is 0 Å². The van der Waals surface area contributed by atoms with Gasteiger partial charge < -0.3 is 13.4 Å². The third-order valence-corrected chi connectivity index (χ3v) is 9.62. The zero-order valence-corrected chi connectivity index (χ0v) is 23.0. The zero-order valence-electron chi connectivity index (χ0n) is 23.0. The van der Waals surface area contributed by atoms with Crippen LogP contribution in [0.5, 0.6) is 0 Å². The monoisotopic (exact) mass is 546 g/mol. The predicted octanol–water partition coefficient (Wildman–Crippen LogP) is 11.0. The SMILES string of the molecule is c1ccc2c(c1)ccc1c2c2ccc3c(c4cccc5c6ccccc6n3c54)c2n1-c1ccc2c(c1)oc1ccccc12. The quantitative estimate of drug-likeness (QED) is 0.201. The fourth-order valence-electron chi connectivity index (χ4n) is 7.91. The van der Waals surface area contributed by atoms with Crippen LogP contribution in [0.25, 0.3) is 98.3 Å². The molecular formula is C40H22N2O. The molecule has 0 radical (unpaired) electrons. The van der Waals surface area contributed by atoms with Gasteiger partial charge in [-0.1, -0.05) is 91.0 Å². The van der Waals surface area contributed by atoms with Crippen molar-refractivity contribution in [1.29, 1.82) is 0 Å². The van der Waals surface area contributed by atoms with Crippen LogP contribution in [0.3, 0.4) is 0 Å². The first-order valence-corrected chi connectivity index (χ1v) is 14.8. The van der Waals surface area contributed by atoms with Gasteiger partial charge in [-0.3, -0.25) is 0 Å². The largest absolute Gasteiger partial charge is 0.456 e. The number of fused-ring (bicyclic) bond motifs is 15. The molecule has 3 nitrogen and oxygen atoms in total. The molecule has 11 aromatic rings. The minimum atomic E-state index is 0.904. The van der Waals surface area contributed by atoms with E-state index in [2.05, 4.69) is 130 Å². The lowest BCUT2D eigenvalue weighted by molar-refractivity contribution is 0.668. The summed E-state index contributed by atoms with van der Waals surface area (Å²) in [5.74, 6) is 0. The van der Waals surface area contributed by atoms with E-state index in [1.807, 2.05) is 12.1 Å². The summed E-state index contributed by atoms with van der Waals surface area (Å²) in [5.41, 5.74) is 9.14. The molecule has 0 saturated heterocycles. The topological polar surface area (TPSA) is 22.5 Å². The summed E-state index contributed by atoms with van der Waals surface area (Å²) in [5, 5.41) is 12.5. The molecule has 4 aromatic heterocycles. The lowest BCUT2D eigenvalue weighted by Gasteiger charge is -2.10. The maximum atomic E-state index is 6.39. The maximum Gasteiger partial charge on any atom is 0.137 e. The molecule has 7 aromatic carbocycles. The maximum absolute atomic E-state index is 6.39. The van der Waals surface area contributed by atoms with Gasteiger partial charge in [-0.25, -0.2) is 0 Å². The fourth-order valence-corrected chi connectivity index (χ4v) is 7.91. The molecule has 0 unspecified atom stereocenters. The van der Waals surface area contributed by atoms with Crippen molar-refractivity contribution in [2.24, 2.45) is 0 Å². The number of hydrogen-bond donors (Lipinski definition) is 0. The molecule has 0 aliphatic carbocycles. The normalized spacial score (nSPS) is 12.7. The zero-order chi connectivity index (χ0) is 27.8. The average Bonchev–Trinajstić information content (AvgIpc) is 3.79. The standard InChI is InChI=1S/C40H22N2O/c1-2-9-25-23(8-1)16-20-33-37(25)31-19-21-34-38(30-13-7-12-29-26-10-3-5-14-32(26)42(34)39(29)30)40(31)41(33)24-17-18-28-27-11-4-6-15-35(27)43-36(28)22-24/h1-22H. The van der Waals surface area contributed by atoms with Gasteiger partial charge in [-0.2, -0.15) is 0 Å². The Balaban J connectivity index is 1.39. The fraction of sp³-hybridized carbons (Fsp3) is 0. The highest BCUT2D eigenvalue weighted by molar-refractivity contribution is 6.33. The smallest absolute Gasteiger partial charge is 0.137 e. The predicted molar refractivity (Wildman–Crippen MR) is 180 cm³/mol. The van der Waals surface area contributed by atoms with Crippen LogP contribution in [0.4, 0.5) is 0 Å². The molecule has 43 heavy (non-hydrogen) atoms. The summed E-state index contributed by atoms with van der Waals surface area (Å²) >= 11 is 0. The van der Waals surface area contributed by atoms with Crippen LogP contribution < -0.4 is 0 Å². The van der Waals surface area contributed by atoms with Crippen LogP contribution in [-0.2, 0) is 0 Å². The highest BCUT2D eigenvalue weighted by Gasteiger charge is 2.23. The minimum Gasteiger partial charge on any atom is -0.456 e. The lowest BCUT2D eigenvalue weighted by atomic mass is 10.0. The Morgan fingerprint density at radius 3 is 2.05 bits per heavy atom. The Hall–Kier alpha value is -5.80. The van der Waals surface area contributed by atoms with Gasteiger partial charge in [-0.05, 0) is 47.2 Å². The van der Waals surface area contributed by atoms with Crippen molar-refractivity contribution >= 4 is 92.6 Å². The van der Waals surface area contributed by atoms with Crippen molar-refractivity contribution < 1.29 is 4.42 Å². The third kappa shape index (κ3) is 2.58. The number of hydrogen-bond acceptors (Lipinski definition) is 1. The first-order chi connectivity index (χ1) is 21.3. The summed E-state index contributed by atoms with van der Waals surface area (Å²) in [6.07, 6.45) is 0. The number of rotatable bonds is 1. The second-order valence-corrected chi connectivity index (χ2v) is 11.7. The van der Waals surface area contributed by atoms with E-state index in [-0.39, 0.29) is 0 Å². The van der Waals surface area contributed by atoms with E-state index >= 15 is 0 Å². The van der Waals surface area contributed by atoms with Gasteiger partial charge in [0.25, 0.3) is 0 Å². The highest BCUT2D eigenvalue weighted by Crippen LogP contribution is 2.46. The molecule has 4 heterocycles. The molecule has 11 rings (SSSR count). The van der Waals surface area contributed by atoms with Gasteiger partial charge in [0, 0.05) is 54.8 Å². The molecule has 0 N–H and O–H groups in total. The summed E-state index contributed by atoms with van der Waals surface area (Å²) in [6.45, 7) is 0. The van der Waals surface area contributed by atoms with Crippen molar-refractivity contribution in [3.05, 3.63) is 133 Å². The number of furan rings is 1. The molecule has 3 heteroatoms. The lowest BCUT2D eigenvalue weighted by Crippen LogP contribution is -1.94. The van der Waals surface area contributed by atoms with Gasteiger partial charge in [0.1, 0.15) is 11.2 Å². The molecule has 0 fully saturated rings. The van der Waals surface area contributed by atoms with Crippen molar-refractivity contribution in [3.8, 4) is 5.69 Å². The van der Waals surface area contributed by atoms with E-state index in [0.717, 1.165) is 27.6 Å². The van der Waals surface area contributed by atoms with Crippen LogP contribution in [-0.4, -0.2) is 8.97 Å². The summed E-state index contributed by atoms with van der Waals surface area (Å²) in [4.78, 5) is 0. The first-order valence-electron chi connectivity index (χ1n) is 14.8. The Bertz CT molecular complexity index is 2950. The van der Waals surface area contributed by atoms with Crippen molar-refractivity contribution in [2.45, 2.75) is 0 Å². The van der Waals surface area contributed by atoms with E-state index in [9.17, 15) is 0 Å². The van der Waals surface area contributed by atoms with Gasteiger partial charge in [0.15, 0.2) is 0 Å². The number of aromatic nitrogens is 2. The molecule has 0 aliphatic rings. The van der Waals surface area contributed by atoms with Crippen LogP contribution >= 0.6 is 0 Å². The van der Waals surface area contributed by atoms with Crippen molar-refractivity contribution in [3.63, 3.8) is 0 Å².